The third kappa shape index (κ3) is 4.49. The molecule has 0 spiro atoms. The summed E-state index contributed by atoms with van der Waals surface area (Å²) >= 11 is 3.60. The lowest BCUT2D eigenvalue weighted by Gasteiger charge is -2.14. The molecule has 116 valence electrons. The van der Waals surface area contributed by atoms with Crippen molar-refractivity contribution in [3.05, 3.63) is 56.7 Å². The second kappa shape index (κ2) is 8.02. The van der Waals surface area contributed by atoms with Gasteiger partial charge in [0.1, 0.15) is 12.4 Å². The van der Waals surface area contributed by atoms with Crippen molar-refractivity contribution in [3.63, 3.8) is 0 Å². The van der Waals surface area contributed by atoms with E-state index in [1.165, 1.54) is 17.3 Å². The summed E-state index contributed by atoms with van der Waals surface area (Å²) in [4.78, 5) is 12.7. The quantitative estimate of drug-likeness (QED) is 0.466. The first-order valence-corrected chi connectivity index (χ1v) is 9.09. The van der Waals surface area contributed by atoms with Crippen LogP contribution in [0.1, 0.15) is 30.0 Å². The molecule has 22 heavy (non-hydrogen) atoms. The van der Waals surface area contributed by atoms with Crippen molar-refractivity contribution in [2.75, 3.05) is 0 Å². The molecule has 0 saturated carbocycles. The smallest absolute Gasteiger partial charge is 0.193 e. The standard InChI is InChI=1S/C18H19IO2S/c1-4-18(20)22-17-7-5-6-15(19)14(17)11-21-16-9-8-12(2)10-13(16)3/h5-10H,4,11H2,1-3H3. The van der Waals surface area contributed by atoms with Crippen molar-refractivity contribution < 1.29 is 9.53 Å². The van der Waals surface area contributed by atoms with Crippen molar-refractivity contribution in [2.45, 2.75) is 38.7 Å². The first kappa shape index (κ1) is 17.3. The van der Waals surface area contributed by atoms with E-state index < -0.39 is 0 Å². The number of carbonyl (C=O) groups excluding carboxylic acids is 1. The first-order valence-electron chi connectivity index (χ1n) is 7.19. The Kier molecular flexibility index (Phi) is 6.32. The van der Waals surface area contributed by atoms with Crippen LogP contribution in [-0.4, -0.2) is 5.12 Å². The van der Waals surface area contributed by atoms with E-state index in [0.717, 1.165) is 25.3 Å². The number of hydrogen-bond acceptors (Lipinski definition) is 3. The highest BCUT2D eigenvalue weighted by atomic mass is 127. The molecule has 0 unspecified atom stereocenters. The van der Waals surface area contributed by atoms with Gasteiger partial charge in [-0.15, -0.1) is 0 Å². The van der Waals surface area contributed by atoms with Gasteiger partial charge >= 0.3 is 0 Å². The number of halogens is 1. The maximum Gasteiger partial charge on any atom is 0.193 e. The van der Waals surface area contributed by atoms with E-state index in [4.69, 9.17) is 4.74 Å². The molecule has 0 N–H and O–H groups in total. The van der Waals surface area contributed by atoms with Gasteiger partial charge in [0.25, 0.3) is 0 Å². The fourth-order valence-corrected chi connectivity index (χ4v) is 3.75. The molecule has 0 aromatic heterocycles. The lowest BCUT2D eigenvalue weighted by Crippen LogP contribution is -2.02. The van der Waals surface area contributed by atoms with Crippen LogP contribution in [0.15, 0.2) is 41.3 Å². The van der Waals surface area contributed by atoms with E-state index in [1.54, 1.807) is 0 Å². The number of ether oxygens (including phenoxy) is 1. The second-order valence-corrected chi connectivity index (χ2v) is 7.36. The van der Waals surface area contributed by atoms with Gasteiger partial charge in [0.15, 0.2) is 5.12 Å². The summed E-state index contributed by atoms with van der Waals surface area (Å²) in [6.07, 6.45) is 0.535. The molecule has 0 aliphatic rings. The van der Waals surface area contributed by atoms with Gasteiger partial charge in [0.2, 0.25) is 0 Å². The predicted octanol–water partition coefficient (Wildman–Crippen LogP) is 5.52. The van der Waals surface area contributed by atoms with Crippen molar-refractivity contribution >= 4 is 39.5 Å². The molecular formula is C18H19IO2S. The maximum absolute atomic E-state index is 11.7. The van der Waals surface area contributed by atoms with Crippen LogP contribution in [0.3, 0.4) is 0 Å². The molecule has 2 rings (SSSR count). The minimum absolute atomic E-state index is 0.176. The molecule has 0 saturated heterocycles. The van der Waals surface area contributed by atoms with E-state index in [9.17, 15) is 4.79 Å². The molecule has 0 atom stereocenters. The summed E-state index contributed by atoms with van der Waals surface area (Å²) < 4.78 is 7.11. The third-order valence-corrected chi connectivity index (χ3v) is 5.42. The molecule has 0 fully saturated rings. The van der Waals surface area contributed by atoms with Gasteiger partial charge in [0, 0.05) is 20.4 Å². The molecule has 2 nitrogen and oxygen atoms in total. The number of aryl methyl sites for hydroxylation is 2. The molecule has 0 aliphatic carbocycles. The average molecular weight is 426 g/mol. The van der Waals surface area contributed by atoms with Crippen LogP contribution in [0.2, 0.25) is 0 Å². The monoisotopic (exact) mass is 426 g/mol. The van der Waals surface area contributed by atoms with E-state index in [0.29, 0.717) is 13.0 Å². The molecule has 2 aromatic carbocycles. The summed E-state index contributed by atoms with van der Waals surface area (Å²) in [6, 6.07) is 12.2. The molecule has 2 aromatic rings. The van der Waals surface area contributed by atoms with Crippen molar-refractivity contribution in [2.24, 2.45) is 0 Å². The van der Waals surface area contributed by atoms with E-state index in [1.807, 2.05) is 31.2 Å². The minimum atomic E-state index is 0.176. The molecular weight excluding hydrogens is 407 g/mol. The van der Waals surface area contributed by atoms with Crippen molar-refractivity contribution in [1.82, 2.24) is 0 Å². The van der Waals surface area contributed by atoms with Crippen LogP contribution in [0, 0.1) is 17.4 Å². The molecule has 4 heteroatoms. The topological polar surface area (TPSA) is 26.3 Å². The van der Waals surface area contributed by atoms with Crippen molar-refractivity contribution in [3.8, 4) is 5.75 Å². The maximum atomic E-state index is 11.7. The highest BCUT2D eigenvalue weighted by molar-refractivity contribution is 14.1. The summed E-state index contributed by atoms with van der Waals surface area (Å²) in [7, 11) is 0. The van der Waals surface area contributed by atoms with E-state index in [2.05, 4.69) is 48.6 Å². The Morgan fingerprint density at radius 1 is 1.23 bits per heavy atom. The highest BCUT2D eigenvalue weighted by Gasteiger charge is 2.12. The molecule has 0 aliphatic heterocycles. The van der Waals surface area contributed by atoms with Gasteiger partial charge < -0.3 is 4.74 Å². The fraction of sp³-hybridized carbons (Fsp3) is 0.278. The lowest BCUT2D eigenvalue weighted by atomic mass is 10.1. The largest absolute Gasteiger partial charge is 0.489 e. The fourth-order valence-electron chi connectivity index (χ4n) is 2.08. The van der Waals surface area contributed by atoms with Gasteiger partial charge in [-0.05, 0) is 60.2 Å². The zero-order valence-corrected chi connectivity index (χ0v) is 16.0. The predicted molar refractivity (Wildman–Crippen MR) is 101 cm³/mol. The van der Waals surface area contributed by atoms with Crippen LogP contribution in [0.5, 0.6) is 5.75 Å². The molecule has 0 radical (unpaired) electrons. The summed E-state index contributed by atoms with van der Waals surface area (Å²) in [5, 5.41) is 0.176. The Bertz CT molecular complexity index is 683. The first-order chi connectivity index (χ1) is 10.5. The van der Waals surface area contributed by atoms with Crippen LogP contribution in [-0.2, 0) is 11.4 Å². The van der Waals surface area contributed by atoms with E-state index >= 15 is 0 Å². The number of rotatable bonds is 5. The lowest BCUT2D eigenvalue weighted by molar-refractivity contribution is -0.110. The number of carbonyl (C=O) groups is 1. The Labute approximate surface area is 149 Å². The van der Waals surface area contributed by atoms with Gasteiger partial charge in [-0.3, -0.25) is 4.79 Å². The second-order valence-electron chi connectivity index (χ2n) is 5.10. The summed E-state index contributed by atoms with van der Waals surface area (Å²) in [6.45, 7) is 6.48. The number of benzene rings is 2. The van der Waals surface area contributed by atoms with E-state index in [-0.39, 0.29) is 5.12 Å². The van der Waals surface area contributed by atoms with Gasteiger partial charge in [0.05, 0.1) is 0 Å². The normalized spacial score (nSPS) is 10.5. The molecule has 0 heterocycles. The average Bonchev–Trinajstić information content (AvgIpc) is 2.48. The Hall–Kier alpha value is -1.01. The number of thioether (sulfide) groups is 1. The Morgan fingerprint density at radius 2 is 2.00 bits per heavy atom. The van der Waals surface area contributed by atoms with Crippen LogP contribution in [0.25, 0.3) is 0 Å². The summed E-state index contributed by atoms with van der Waals surface area (Å²) in [5.41, 5.74) is 3.43. The minimum Gasteiger partial charge on any atom is -0.489 e. The van der Waals surface area contributed by atoms with Crippen molar-refractivity contribution in [1.29, 1.82) is 0 Å². The number of hydrogen-bond donors (Lipinski definition) is 0. The molecule has 0 amide bonds. The highest BCUT2D eigenvalue weighted by Crippen LogP contribution is 2.29. The molecule has 0 bridgehead atoms. The zero-order valence-electron chi connectivity index (χ0n) is 13.0. The van der Waals surface area contributed by atoms with Gasteiger partial charge in [-0.2, -0.15) is 0 Å². The van der Waals surface area contributed by atoms with Gasteiger partial charge in [-0.25, -0.2) is 0 Å². The Balaban J connectivity index is 2.19. The Morgan fingerprint density at radius 3 is 2.68 bits per heavy atom. The van der Waals surface area contributed by atoms with Crippen LogP contribution in [0.4, 0.5) is 0 Å². The SMILES string of the molecule is CCC(=O)Sc1cccc(I)c1COc1ccc(C)cc1C. The summed E-state index contributed by atoms with van der Waals surface area (Å²) in [5.74, 6) is 0.892. The third-order valence-electron chi connectivity index (χ3n) is 3.29. The van der Waals surface area contributed by atoms with Crippen LogP contribution < -0.4 is 4.74 Å². The van der Waals surface area contributed by atoms with Gasteiger partial charge in [-0.1, -0.05) is 42.4 Å². The zero-order chi connectivity index (χ0) is 16.1. The van der Waals surface area contributed by atoms with Crippen LogP contribution >= 0.6 is 34.4 Å².